The lowest BCUT2D eigenvalue weighted by Crippen LogP contribution is -2.64. The normalized spacial score (nSPS) is 18.3. The van der Waals surface area contributed by atoms with E-state index in [1.54, 1.807) is 12.1 Å². The smallest absolute Gasteiger partial charge is 0.272 e. The molecular weight excluding hydrogens is 364 g/mol. The van der Waals surface area contributed by atoms with E-state index in [1.807, 2.05) is 40.1 Å². The van der Waals surface area contributed by atoms with E-state index in [0.29, 0.717) is 29.8 Å². The molecule has 1 aromatic heterocycles. The van der Waals surface area contributed by atoms with Crippen molar-refractivity contribution in [2.75, 3.05) is 39.3 Å². The zero-order chi connectivity index (χ0) is 18.8. The first-order valence-electron chi connectivity index (χ1n) is 9.11. The molecule has 2 fully saturated rings. The van der Waals surface area contributed by atoms with E-state index in [2.05, 4.69) is 9.88 Å². The van der Waals surface area contributed by atoms with Gasteiger partial charge in [-0.15, -0.1) is 0 Å². The molecule has 0 saturated carbocycles. The molecule has 0 atom stereocenters. The number of hydrogen-bond donors (Lipinski definition) is 0. The van der Waals surface area contributed by atoms with Crippen molar-refractivity contribution >= 4 is 23.4 Å². The fraction of sp³-hybridized carbons (Fsp3) is 0.350. The molecule has 2 aliphatic rings. The van der Waals surface area contributed by atoms with E-state index < -0.39 is 0 Å². The van der Waals surface area contributed by atoms with Gasteiger partial charge in [-0.2, -0.15) is 0 Å². The van der Waals surface area contributed by atoms with E-state index in [-0.39, 0.29) is 11.8 Å². The lowest BCUT2D eigenvalue weighted by molar-refractivity contribution is 0.00823. The number of piperazine rings is 1. The average molecular weight is 385 g/mol. The number of carbonyl (C=O) groups excluding carboxylic acids is 2. The maximum absolute atomic E-state index is 12.5. The van der Waals surface area contributed by atoms with Crippen LogP contribution in [0.25, 0.3) is 0 Å². The van der Waals surface area contributed by atoms with Crippen LogP contribution in [-0.2, 0) is 0 Å². The van der Waals surface area contributed by atoms with Gasteiger partial charge >= 0.3 is 0 Å². The van der Waals surface area contributed by atoms with Crippen molar-refractivity contribution in [2.24, 2.45) is 0 Å². The van der Waals surface area contributed by atoms with Crippen LogP contribution >= 0.6 is 11.6 Å². The molecule has 2 aromatic rings. The van der Waals surface area contributed by atoms with E-state index >= 15 is 0 Å². The second-order valence-corrected chi connectivity index (χ2v) is 7.36. The van der Waals surface area contributed by atoms with Gasteiger partial charge in [-0.25, -0.2) is 4.98 Å². The Balaban J connectivity index is 1.26. The molecule has 140 valence electrons. The second-order valence-electron chi connectivity index (χ2n) is 6.92. The quantitative estimate of drug-likeness (QED) is 0.812. The Hall–Kier alpha value is -2.44. The summed E-state index contributed by atoms with van der Waals surface area (Å²) in [7, 11) is 0. The molecule has 0 unspecified atom stereocenters. The lowest BCUT2D eigenvalue weighted by Gasteiger charge is -2.48. The Labute approximate surface area is 163 Å². The van der Waals surface area contributed by atoms with Crippen LogP contribution in [0, 0.1) is 0 Å². The second kappa shape index (κ2) is 7.66. The third-order valence-electron chi connectivity index (χ3n) is 5.23. The van der Waals surface area contributed by atoms with Crippen molar-refractivity contribution in [3.05, 3.63) is 64.9 Å². The predicted octanol–water partition coefficient (Wildman–Crippen LogP) is 2.02. The van der Waals surface area contributed by atoms with Gasteiger partial charge in [0.2, 0.25) is 0 Å². The van der Waals surface area contributed by atoms with Gasteiger partial charge in [0.25, 0.3) is 11.8 Å². The lowest BCUT2D eigenvalue weighted by atomic mass is 10.0. The third-order valence-corrected chi connectivity index (χ3v) is 5.46. The van der Waals surface area contributed by atoms with Gasteiger partial charge in [-0.3, -0.25) is 14.5 Å². The molecule has 2 aliphatic heterocycles. The van der Waals surface area contributed by atoms with Crippen LogP contribution in [0.4, 0.5) is 0 Å². The summed E-state index contributed by atoms with van der Waals surface area (Å²) in [6, 6.07) is 13.1. The maximum atomic E-state index is 12.5. The minimum Gasteiger partial charge on any atom is -0.336 e. The molecule has 0 radical (unpaired) electrons. The van der Waals surface area contributed by atoms with Crippen LogP contribution in [0.3, 0.4) is 0 Å². The summed E-state index contributed by atoms with van der Waals surface area (Å²) in [4.78, 5) is 35.1. The minimum atomic E-state index is -0.0548. The number of rotatable bonds is 3. The summed E-state index contributed by atoms with van der Waals surface area (Å²) in [5.74, 6) is 0.0373. The monoisotopic (exact) mass is 384 g/mol. The zero-order valence-corrected chi connectivity index (χ0v) is 15.7. The topological polar surface area (TPSA) is 56.8 Å². The minimum absolute atomic E-state index is 0.0548. The molecule has 0 bridgehead atoms. The van der Waals surface area contributed by atoms with Crippen LogP contribution in [0.2, 0.25) is 5.02 Å². The highest BCUT2D eigenvalue weighted by molar-refractivity contribution is 6.30. The first-order chi connectivity index (χ1) is 13.1. The van der Waals surface area contributed by atoms with E-state index in [9.17, 15) is 9.59 Å². The van der Waals surface area contributed by atoms with E-state index in [4.69, 9.17) is 11.6 Å². The molecule has 0 spiro atoms. The summed E-state index contributed by atoms with van der Waals surface area (Å²) >= 11 is 5.82. The van der Waals surface area contributed by atoms with Gasteiger partial charge in [-0.05, 0) is 24.3 Å². The molecule has 2 saturated heterocycles. The maximum Gasteiger partial charge on any atom is 0.272 e. The number of benzene rings is 1. The van der Waals surface area contributed by atoms with Crippen LogP contribution < -0.4 is 0 Å². The average Bonchev–Trinajstić information content (AvgIpc) is 2.68. The first-order valence-corrected chi connectivity index (χ1v) is 9.49. The van der Waals surface area contributed by atoms with Gasteiger partial charge < -0.3 is 9.80 Å². The van der Waals surface area contributed by atoms with Crippen molar-refractivity contribution < 1.29 is 9.59 Å². The van der Waals surface area contributed by atoms with Gasteiger partial charge in [0.1, 0.15) is 5.69 Å². The molecule has 6 nitrogen and oxygen atoms in total. The Morgan fingerprint density at radius 1 is 0.889 bits per heavy atom. The number of nitrogens with zero attached hydrogens (tertiary/aromatic N) is 4. The summed E-state index contributed by atoms with van der Waals surface area (Å²) in [6.45, 7) is 4.52. The highest BCUT2D eigenvalue weighted by Crippen LogP contribution is 2.20. The Morgan fingerprint density at radius 2 is 1.59 bits per heavy atom. The van der Waals surface area contributed by atoms with Gasteiger partial charge in [-0.1, -0.05) is 29.8 Å². The number of aromatic nitrogens is 1. The van der Waals surface area contributed by atoms with Crippen LogP contribution in [0.15, 0.2) is 48.7 Å². The van der Waals surface area contributed by atoms with Crippen molar-refractivity contribution in [3.63, 3.8) is 0 Å². The summed E-state index contributed by atoms with van der Waals surface area (Å²) < 4.78 is 0. The summed E-state index contributed by atoms with van der Waals surface area (Å²) in [5, 5.41) is 0.524. The number of carbonyl (C=O) groups is 2. The fourth-order valence-electron chi connectivity index (χ4n) is 3.57. The molecule has 0 N–H and O–H groups in total. The SMILES string of the molecule is O=C(c1ccccc1)N1CCN(C2CN(C(=O)c3ccc(Cl)cn3)C2)CC1. The highest BCUT2D eigenvalue weighted by atomic mass is 35.5. The molecule has 27 heavy (non-hydrogen) atoms. The number of halogens is 1. The molecule has 1 aromatic carbocycles. The molecule has 3 heterocycles. The first kappa shape index (κ1) is 17.9. The predicted molar refractivity (Wildman–Crippen MR) is 103 cm³/mol. The van der Waals surface area contributed by atoms with Crippen LogP contribution in [0.1, 0.15) is 20.8 Å². The zero-order valence-electron chi connectivity index (χ0n) is 14.9. The Bertz CT molecular complexity index is 814. The number of pyridine rings is 1. The van der Waals surface area contributed by atoms with Crippen molar-refractivity contribution in [2.45, 2.75) is 6.04 Å². The third kappa shape index (κ3) is 3.82. The van der Waals surface area contributed by atoms with Crippen LogP contribution in [0.5, 0.6) is 0 Å². The molecule has 7 heteroatoms. The summed E-state index contributed by atoms with van der Waals surface area (Å²) in [6.07, 6.45) is 1.50. The number of amides is 2. The van der Waals surface area contributed by atoms with Crippen LogP contribution in [-0.4, -0.2) is 76.8 Å². The van der Waals surface area contributed by atoms with Gasteiger partial charge in [0, 0.05) is 57.1 Å². The van der Waals surface area contributed by atoms with E-state index in [1.165, 1.54) is 6.20 Å². The van der Waals surface area contributed by atoms with Crippen molar-refractivity contribution in [3.8, 4) is 0 Å². The molecular formula is C20H21ClN4O2. The Morgan fingerprint density at radius 3 is 2.22 bits per heavy atom. The highest BCUT2D eigenvalue weighted by Gasteiger charge is 2.37. The number of likely N-dealkylation sites (tertiary alicyclic amines) is 1. The van der Waals surface area contributed by atoms with Gasteiger partial charge in [0.05, 0.1) is 5.02 Å². The Kier molecular flexibility index (Phi) is 5.09. The fourth-order valence-corrected chi connectivity index (χ4v) is 3.68. The van der Waals surface area contributed by atoms with Crippen molar-refractivity contribution in [1.82, 2.24) is 19.7 Å². The molecule has 2 amide bonds. The standard InChI is InChI=1S/C20H21ClN4O2/c21-16-6-7-18(22-12-16)20(27)25-13-17(14-25)23-8-10-24(11-9-23)19(26)15-4-2-1-3-5-15/h1-7,12,17H,8-11,13-14H2. The molecule has 0 aliphatic carbocycles. The largest absolute Gasteiger partial charge is 0.336 e. The van der Waals surface area contributed by atoms with Crippen molar-refractivity contribution in [1.29, 1.82) is 0 Å². The number of hydrogen-bond acceptors (Lipinski definition) is 4. The van der Waals surface area contributed by atoms with E-state index in [0.717, 1.165) is 31.7 Å². The molecule has 4 rings (SSSR count). The van der Waals surface area contributed by atoms with Gasteiger partial charge in [0.15, 0.2) is 0 Å². The summed E-state index contributed by atoms with van der Waals surface area (Å²) in [5.41, 5.74) is 1.16.